The smallest absolute Gasteiger partial charge is 0.230 e. The minimum Gasteiger partial charge on any atom is -0.353 e. The molecule has 4 aromatic rings. The molecule has 3 heterocycles. The number of likely N-dealkylation sites (tertiary alicyclic amines) is 1. The summed E-state index contributed by atoms with van der Waals surface area (Å²) in [7, 11) is 0. The molecule has 174 valence electrons. The molecule has 6 nitrogen and oxygen atoms in total. The first-order chi connectivity index (χ1) is 16.8. The van der Waals surface area contributed by atoms with E-state index in [1.54, 1.807) is 11.3 Å². The van der Waals surface area contributed by atoms with Gasteiger partial charge in [0.15, 0.2) is 11.0 Å². The fraction of sp³-hybridized carbons (Fsp3) is 0.269. The van der Waals surface area contributed by atoms with Gasteiger partial charge < -0.3 is 5.32 Å². The van der Waals surface area contributed by atoms with E-state index >= 15 is 0 Å². The number of hydrogen-bond acceptors (Lipinski definition) is 6. The second kappa shape index (κ2) is 11.0. The van der Waals surface area contributed by atoms with Gasteiger partial charge in [0, 0.05) is 31.4 Å². The van der Waals surface area contributed by atoms with Gasteiger partial charge in [-0.15, -0.1) is 21.5 Å². The Morgan fingerprint density at radius 2 is 1.71 bits per heavy atom. The van der Waals surface area contributed by atoms with Crippen LogP contribution in [0.1, 0.15) is 18.4 Å². The van der Waals surface area contributed by atoms with Gasteiger partial charge in [-0.1, -0.05) is 66.4 Å². The van der Waals surface area contributed by atoms with E-state index in [1.165, 1.54) is 17.3 Å². The Bertz CT molecular complexity index is 1190. The number of piperidine rings is 1. The molecule has 0 aliphatic carbocycles. The quantitative estimate of drug-likeness (QED) is 0.358. The Morgan fingerprint density at radius 1 is 0.971 bits per heavy atom. The Labute approximate surface area is 208 Å². The lowest BCUT2D eigenvalue weighted by atomic mass is 10.0. The minimum atomic E-state index is 0.0480. The first-order valence-electron chi connectivity index (χ1n) is 11.5. The summed E-state index contributed by atoms with van der Waals surface area (Å²) in [6, 6.07) is 24.9. The first-order valence-corrected chi connectivity index (χ1v) is 13.4. The summed E-state index contributed by atoms with van der Waals surface area (Å²) in [4.78, 5) is 16.2. The average Bonchev–Trinajstić information content (AvgIpc) is 3.55. The van der Waals surface area contributed by atoms with Crippen LogP contribution in [0.15, 0.2) is 83.3 Å². The number of benzene rings is 2. The molecule has 0 unspecified atom stereocenters. The lowest BCUT2D eigenvalue weighted by Crippen LogP contribution is -2.44. The largest absolute Gasteiger partial charge is 0.353 e. The maximum atomic E-state index is 12.7. The van der Waals surface area contributed by atoms with Gasteiger partial charge in [-0.05, 0) is 42.0 Å². The van der Waals surface area contributed by atoms with Gasteiger partial charge in [0.25, 0.3) is 0 Å². The van der Waals surface area contributed by atoms with Crippen LogP contribution in [0, 0.1) is 0 Å². The van der Waals surface area contributed by atoms with Crippen molar-refractivity contribution in [2.45, 2.75) is 30.6 Å². The molecule has 2 aromatic heterocycles. The van der Waals surface area contributed by atoms with Crippen LogP contribution in [0.2, 0.25) is 0 Å². The zero-order valence-corrected chi connectivity index (χ0v) is 20.5. The van der Waals surface area contributed by atoms with Gasteiger partial charge in [-0.2, -0.15) is 0 Å². The number of aromatic nitrogens is 3. The topological polar surface area (TPSA) is 63.1 Å². The van der Waals surface area contributed by atoms with E-state index in [0.29, 0.717) is 5.75 Å². The van der Waals surface area contributed by atoms with Gasteiger partial charge in [0.2, 0.25) is 5.91 Å². The standard InChI is InChI=1S/C26H27N5OS2/c32-24(27-21-13-15-30(16-14-21)18-20-8-3-1-4-9-20)19-34-26-29-28-25(23-12-7-17-33-23)31(26)22-10-5-2-6-11-22/h1-12,17,21H,13-16,18-19H2,(H,27,32). The van der Waals surface area contributed by atoms with Crippen molar-refractivity contribution in [3.63, 3.8) is 0 Å². The highest BCUT2D eigenvalue weighted by atomic mass is 32.2. The second-order valence-corrected chi connectivity index (χ2v) is 10.2. The Hall–Kier alpha value is -2.94. The zero-order chi connectivity index (χ0) is 23.2. The molecule has 5 rings (SSSR count). The molecule has 0 atom stereocenters. The van der Waals surface area contributed by atoms with Crippen LogP contribution in [0.5, 0.6) is 0 Å². The number of carbonyl (C=O) groups is 1. The van der Waals surface area contributed by atoms with Crippen molar-refractivity contribution in [3.05, 3.63) is 83.7 Å². The van der Waals surface area contributed by atoms with Gasteiger partial charge in [0.05, 0.1) is 10.6 Å². The molecule has 0 radical (unpaired) electrons. The van der Waals surface area contributed by atoms with Gasteiger partial charge >= 0.3 is 0 Å². The van der Waals surface area contributed by atoms with E-state index in [1.807, 2.05) is 52.4 Å². The number of carbonyl (C=O) groups excluding carboxylic acids is 1. The fourth-order valence-corrected chi connectivity index (χ4v) is 5.68. The van der Waals surface area contributed by atoms with Crippen molar-refractivity contribution in [3.8, 4) is 16.4 Å². The maximum Gasteiger partial charge on any atom is 0.230 e. The van der Waals surface area contributed by atoms with E-state index in [0.717, 1.165) is 54.0 Å². The third-order valence-corrected chi connectivity index (χ3v) is 7.72. The number of nitrogens with zero attached hydrogens (tertiary/aromatic N) is 4. The summed E-state index contributed by atoms with van der Waals surface area (Å²) in [6.45, 7) is 2.97. The summed E-state index contributed by atoms with van der Waals surface area (Å²) < 4.78 is 2.03. The van der Waals surface area contributed by atoms with Crippen LogP contribution >= 0.6 is 23.1 Å². The number of rotatable bonds is 8. The normalized spacial score (nSPS) is 14.8. The summed E-state index contributed by atoms with van der Waals surface area (Å²) >= 11 is 3.06. The second-order valence-electron chi connectivity index (χ2n) is 8.35. The summed E-state index contributed by atoms with van der Waals surface area (Å²) in [5, 5.41) is 14.8. The van der Waals surface area contributed by atoms with Gasteiger partial charge in [-0.25, -0.2) is 0 Å². The van der Waals surface area contributed by atoms with Crippen molar-refractivity contribution in [2.24, 2.45) is 0 Å². The highest BCUT2D eigenvalue weighted by Gasteiger charge is 2.22. The predicted octanol–water partition coefficient (Wildman–Crippen LogP) is 4.87. The molecular formula is C26H27N5OS2. The predicted molar refractivity (Wildman–Crippen MR) is 138 cm³/mol. The van der Waals surface area contributed by atoms with Crippen LogP contribution < -0.4 is 5.32 Å². The van der Waals surface area contributed by atoms with E-state index in [-0.39, 0.29) is 11.9 Å². The summed E-state index contributed by atoms with van der Waals surface area (Å²) in [5.41, 5.74) is 2.33. The molecule has 0 saturated carbocycles. The molecule has 0 bridgehead atoms. The van der Waals surface area contributed by atoms with Crippen LogP contribution in [0.4, 0.5) is 0 Å². The van der Waals surface area contributed by atoms with Crippen LogP contribution in [-0.4, -0.2) is 50.5 Å². The Kier molecular flexibility index (Phi) is 7.38. The first kappa shape index (κ1) is 22.8. The third-order valence-electron chi connectivity index (χ3n) is 5.92. The number of thiophene rings is 1. The average molecular weight is 490 g/mol. The lowest BCUT2D eigenvalue weighted by Gasteiger charge is -2.32. The number of amides is 1. The SMILES string of the molecule is O=C(CSc1nnc(-c2cccs2)n1-c1ccccc1)NC1CCN(Cc2ccccc2)CC1. The van der Waals surface area contributed by atoms with Crippen molar-refractivity contribution in [2.75, 3.05) is 18.8 Å². The summed E-state index contributed by atoms with van der Waals surface area (Å²) in [5.74, 6) is 1.17. The number of para-hydroxylation sites is 1. The summed E-state index contributed by atoms with van der Waals surface area (Å²) in [6.07, 6.45) is 1.96. The highest BCUT2D eigenvalue weighted by molar-refractivity contribution is 7.99. The number of hydrogen-bond donors (Lipinski definition) is 1. The fourth-order valence-electron chi connectivity index (χ4n) is 4.22. The molecule has 1 fully saturated rings. The van der Waals surface area contributed by atoms with Gasteiger partial charge in [-0.3, -0.25) is 14.3 Å². The van der Waals surface area contributed by atoms with Crippen molar-refractivity contribution in [1.82, 2.24) is 25.0 Å². The Balaban J connectivity index is 1.17. The molecular weight excluding hydrogens is 462 g/mol. The molecule has 1 aliphatic rings. The molecule has 8 heteroatoms. The van der Waals surface area contributed by atoms with Crippen molar-refractivity contribution < 1.29 is 4.79 Å². The molecule has 1 saturated heterocycles. The maximum absolute atomic E-state index is 12.7. The number of nitrogens with one attached hydrogen (secondary N) is 1. The molecule has 34 heavy (non-hydrogen) atoms. The zero-order valence-electron chi connectivity index (χ0n) is 18.8. The monoisotopic (exact) mass is 489 g/mol. The van der Waals surface area contributed by atoms with E-state index in [9.17, 15) is 4.79 Å². The van der Waals surface area contributed by atoms with Crippen LogP contribution in [-0.2, 0) is 11.3 Å². The lowest BCUT2D eigenvalue weighted by molar-refractivity contribution is -0.119. The van der Waals surface area contributed by atoms with E-state index < -0.39 is 0 Å². The number of thioether (sulfide) groups is 1. The third kappa shape index (κ3) is 5.58. The molecule has 1 aliphatic heterocycles. The van der Waals surface area contributed by atoms with E-state index in [2.05, 4.69) is 50.7 Å². The van der Waals surface area contributed by atoms with Crippen molar-refractivity contribution in [1.29, 1.82) is 0 Å². The molecule has 1 amide bonds. The minimum absolute atomic E-state index is 0.0480. The van der Waals surface area contributed by atoms with Crippen LogP contribution in [0.3, 0.4) is 0 Å². The van der Waals surface area contributed by atoms with Crippen molar-refractivity contribution >= 4 is 29.0 Å². The Morgan fingerprint density at radius 3 is 2.41 bits per heavy atom. The van der Waals surface area contributed by atoms with E-state index in [4.69, 9.17) is 0 Å². The van der Waals surface area contributed by atoms with Gasteiger partial charge in [0.1, 0.15) is 0 Å². The highest BCUT2D eigenvalue weighted by Crippen LogP contribution is 2.30. The molecule has 2 aromatic carbocycles. The molecule has 1 N–H and O–H groups in total. The van der Waals surface area contributed by atoms with Crippen LogP contribution in [0.25, 0.3) is 16.4 Å². The molecule has 0 spiro atoms.